The molecule has 4 rings (SSSR count). The minimum Gasteiger partial charge on any atom is -0.281 e. The number of halogens is 1. The average molecular weight is 324 g/mol. The zero-order valence-electron chi connectivity index (χ0n) is 12.6. The van der Waals surface area contributed by atoms with Gasteiger partial charge in [-0.05, 0) is 36.8 Å². The number of hydrogen-bond acceptors (Lipinski definition) is 4. The molecule has 6 heteroatoms. The van der Waals surface area contributed by atoms with E-state index in [2.05, 4.69) is 26.7 Å². The lowest BCUT2D eigenvalue weighted by atomic mass is 10.1. The summed E-state index contributed by atoms with van der Waals surface area (Å²) in [5.41, 5.74) is 4.06. The van der Waals surface area contributed by atoms with Crippen LogP contribution in [0.25, 0.3) is 17.1 Å². The Labute approximate surface area is 138 Å². The van der Waals surface area contributed by atoms with Gasteiger partial charge in [-0.2, -0.15) is 0 Å². The highest BCUT2D eigenvalue weighted by atomic mass is 35.5. The number of benzene rings is 1. The van der Waals surface area contributed by atoms with Crippen LogP contribution in [0.15, 0.2) is 47.7 Å². The van der Waals surface area contributed by atoms with Gasteiger partial charge in [0.05, 0.1) is 12.2 Å². The molecule has 0 aliphatic carbocycles. The van der Waals surface area contributed by atoms with E-state index in [-0.39, 0.29) is 0 Å². The second-order valence-electron chi connectivity index (χ2n) is 5.29. The van der Waals surface area contributed by atoms with Gasteiger partial charge in [0.15, 0.2) is 11.6 Å². The van der Waals surface area contributed by atoms with Gasteiger partial charge in [0.25, 0.3) is 0 Å². The molecule has 0 saturated carbocycles. The fourth-order valence-electron chi connectivity index (χ4n) is 2.85. The molecule has 0 amide bonds. The summed E-state index contributed by atoms with van der Waals surface area (Å²) in [5, 5.41) is 9.40. The fraction of sp³-hybridized carbons (Fsp3) is 0.176. The normalized spacial score (nSPS) is 13.0. The third-order valence-corrected chi connectivity index (χ3v) is 4.16. The van der Waals surface area contributed by atoms with Gasteiger partial charge in [0.1, 0.15) is 0 Å². The largest absolute Gasteiger partial charge is 0.281 e. The van der Waals surface area contributed by atoms with Crippen molar-refractivity contribution in [2.45, 2.75) is 19.9 Å². The van der Waals surface area contributed by atoms with Crippen molar-refractivity contribution < 1.29 is 0 Å². The maximum Gasteiger partial charge on any atom is 0.168 e. The Kier molecular flexibility index (Phi) is 3.42. The van der Waals surface area contributed by atoms with Crippen molar-refractivity contribution in [3.8, 4) is 17.1 Å². The summed E-state index contributed by atoms with van der Waals surface area (Å²) >= 11 is 6.21. The minimum absolute atomic E-state index is 0.507. The fourth-order valence-corrected chi connectivity index (χ4v) is 3.02. The van der Waals surface area contributed by atoms with E-state index >= 15 is 0 Å². The summed E-state index contributed by atoms with van der Waals surface area (Å²) in [7, 11) is 0. The molecule has 1 aliphatic heterocycles. The van der Waals surface area contributed by atoms with Crippen LogP contribution in [-0.2, 0) is 6.54 Å². The second kappa shape index (κ2) is 5.59. The van der Waals surface area contributed by atoms with E-state index < -0.39 is 0 Å². The van der Waals surface area contributed by atoms with E-state index in [1.54, 1.807) is 12.4 Å². The Hall–Kier alpha value is -2.53. The molecule has 23 heavy (non-hydrogen) atoms. The summed E-state index contributed by atoms with van der Waals surface area (Å²) in [4.78, 5) is 8.76. The van der Waals surface area contributed by atoms with Gasteiger partial charge in [0, 0.05) is 34.3 Å². The molecule has 2 aromatic heterocycles. The first-order chi connectivity index (χ1) is 11.3. The summed E-state index contributed by atoms with van der Waals surface area (Å²) in [6.45, 7) is 2.60. The second-order valence-corrected chi connectivity index (χ2v) is 5.73. The molecule has 0 unspecified atom stereocenters. The quantitative estimate of drug-likeness (QED) is 0.722. The van der Waals surface area contributed by atoms with Crippen molar-refractivity contribution in [1.82, 2.24) is 19.7 Å². The molecule has 5 nitrogen and oxygen atoms in total. The van der Waals surface area contributed by atoms with Crippen LogP contribution >= 0.6 is 11.6 Å². The molecule has 0 fully saturated rings. The van der Waals surface area contributed by atoms with Crippen LogP contribution in [0.3, 0.4) is 0 Å². The van der Waals surface area contributed by atoms with Crippen LogP contribution in [0.5, 0.6) is 0 Å². The highest BCUT2D eigenvalue weighted by Gasteiger charge is 2.22. The topological polar surface area (TPSA) is 56.0 Å². The van der Waals surface area contributed by atoms with E-state index in [0.29, 0.717) is 11.6 Å². The molecule has 1 aromatic carbocycles. The molecule has 0 N–H and O–H groups in total. The predicted molar refractivity (Wildman–Crippen MR) is 90.1 cm³/mol. The lowest BCUT2D eigenvalue weighted by Crippen LogP contribution is -2.06. The third-order valence-electron chi connectivity index (χ3n) is 3.93. The van der Waals surface area contributed by atoms with Gasteiger partial charge >= 0.3 is 0 Å². The van der Waals surface area contributed by atoms with Crippen molar-refractivity contribution in [2.24, 2.45) is 4.99 Å². The van der Waals surface area contributed by atoms with Gasteiger partial charge < -0.3 is 0 Å². The molecule has 3 aromatic rings. The summed E-state index contributed by atoms with van der Waals surface area (Å²) < 4.78 is 2.06. The number of pyridine rings is 1. The molecule has 0 bridgehead atoms. The smallest absolute Gasteiger partial charge is 0.168 e. The van der Waals surface area contributed by atoms with E-state index in [9.17, 15) is 0 Å². The highest BCUT2D eigenvalue weighted by Crippen LogP contribution is 2.30. The first kappa shape index (κ1) is 14.1. The first-order valence-electron chi connectivity index (χ1n) is 7.46. The molecule has 114 valence electrons. The molecule has 1 aliphatic rings. The molecular formula is C17H14ClN5. The average Bonchev–Trinajstić information content (AvgIpc) is 2.94. The molecule has 3 heterocycles. The van der Waals surface area contributed by atoms with Crippen molar-refractivity contribution in [1.29, 1.82) is 0 Å². The van der Waals surface area contributed by atoms with Crippen LogP contribution in [-0.4, -0.2) is 25.5 Å². The Morgan fingerprint density at radius 2 is 1.96 bits per heavy atom. The van der Waals surface area contributed by atoms with Crippen LogP contribution in [0.1, 0.15) is 24.7 Å². The molecule has 0 spiro atoms. The maximum absolute atomic E-state index is 6.21. The number of rotatable bonds is 2. The van der Waals surface area contributed by atoms with Gasteiger partial charge in [-0.3, -0.25) is 14.5 Å². The predicted octanol–water partition coefficient (Wildman–Crippen LogP) is 3.70. The van der Waals surface area contributed by atoms with Crippen molar-refractivity contribution >= 4 is 17.3 Å². The number of hydrogen-bond donors (Lipinski definition) is 0. The number of aromatic nitrogens is 4. The monoisotopic (exact) mass is 323 g/mol. The first-order valence-corrected chi connectivity index (χ1v) is 7.84. The summed E-state index contributed by atoms with van der Waals surface area (Å²) in [5.74, 6) is 1.61. The van der Waals surface area contributed by atoms with E-state index in [1.165, 1.54) is 0 Å². The van der Waals surface area contributed by atoms with E-state index in [4.69, 9.17) is 16.6 Å². The van der Waals surface area contributed by atoms with Crippen molar-refractivity contribution in [3.63, 3.8) is 0 Å². The standard InChI is InChI=1S/C17H14ClN5/c1-2-14-13-9-12(18)3-4-15(13)23-16(10-20-14)21-22-17(23)11-5-7-19-8-6-11/h3-9H,2,10H2,1H3. The zero-order valence-corrected chi connectivity index (χ0v) is 13.3. The molecule has 0 radical (unpaired) electrons. The lowest BCUT2D eigenvalue weighted by molar-refractivity contribution is 0.870. The lowest BCUT2D eigenvalue weighted by Gasteiger charge is -2.13. The van der Waals surface area contributed by atoms with Crippen LogP contribution in [0.2, 0.25) is 5.02 Å². The van der Waals surface area contributed by atoms with Gasteiger partial charge in [-0.25, -0.2) is 0 Å². The van der Waals surface area contributed by atoms with Crippen LogP contribution in [0, 0.1) is 0 Å². The maximum atomic E-state index is 6.21. The molecule has 0 atom stereocenters. The minimum atomic E-state index is 0.507. The number of nitrogens with zero attached hydrogens (tertiary/aromatic N) is 5. The summed E-state index contributed by atoms with van der Waals surface area (Å²) in [6, 6.07) is 9.72. The Morgan fingerprint density at radius 3 is 2.74 bits per heavy atom. The number of fused-ring (bicyclic) bond motifs is 3. The van der Waals surface area contributed by atoms with E-state index in [0.717, 1.165) is 40.6 Å². The molecule has 0 saturated heterocycles. The summed E-state index contributed by atoms with van der Waals surface area (Å²) in [6.07, 6.45) is 4.35. The van der Waals surface area contributed by atoms with Gasteiger partial charge in [-0.15, -0.1) is 10.2 Å². The van der Waals surface area contributed by atoms with Gasteiger partial charge in [-0.1, -0.05) is 18.5 Å². The Morgan fingerprint density at radius 1 is 1.13 bits per heavy atom. The zero-order chi connectivity index (χ0) is 15.8. The van der Waals surface area contributed by atoms with Crippen molar-refractivity contribution in [3.05, 3.63) is 59.1 Å². The van der Waals surface area contributed by atoms with Gasteiger partial charge in [0.2, 0.25) is 0 Å². The number of aliphatic imine (C=N–C) groups is 1. The third kappa shape index (κ3) is 2.33. The highest BCUT2D eigenvalue weighted by molar-refractivity contribution is 6.31. The SMILES string of the molecule is CCC1=NCc2nnc(-c3ccncc3)n2-c2ccc(Cl)cc21. The Balaban J connectivity index is 2.00. The van der Waals surface area contributed by atoms with Crippen LogP contribution < -0.4 is 0 Å². The Bertz CT molecular complexity index is 899. The van der Waals surface area contributed by atoms with E-state index in [1.807, 2.05) is 30.3 Å². The molecular weight excluding hydrogens is 310 g/mol. The van der Waals surface area contributed by atoms with Crippen LogP contribution in [0.4, 0.5) is 0 Å². The van der Waals surface area contributed by atoms with Crippen molar-refractivity contribution in [2.75, 3.05) is 0 Å².